The van der Waals surface area contributed by atoms with Crippen molar-refractivity contribution in [1.82, 2.24) is 19.5 Å². The zero-order valence-corrected chi connectivity index (χ0v) is 19.5. The summed E-state index contributed by atoms with van der Waals surface area (Å²) in [6.07, 6.45) is 6.90. The number of aromatic nitrogens is 4. The molecular weight excluding hydrogens is 437 g/mol. The van der Waals surface area contributed by atoms with Gasteiger partial charge in [-0.1, -0.05) is 26.2 Å². The number of carbonyl (C=O) groups is 1. The molecule has 0 aromatic carbocycles. The van der Waals surface area contributed by atoms with Crippen molar-refractivity contribution in [1.29, 1.82) is 0 Å². The van der Waals surface area contributed by atoms with Crippen molar-refractivity contribution >= 4 is 30.5 Å². The van der Waals surface area contributed by atoms with Crippen molar-refractivity contribution < 1.29 is 27.9 Å². The number of nitrogens with zero attached hydrogens (tertiary/aromatic N) is 4. The Morgan fingerprint density at radius 2 is 2.06 bits per heavy atom. The summed E-state index contributed by atoms with van der Waals surface area (Å²) in [7, 11) is -3.37. The van der Waals surface area contributed by atoms with Crippen LogP contribution >= 0.6 is 7.60 Å². The number of carbonyl (C=O) groups excluding carboxylic acids is 1. The number of hydrogen-bond donors (Lipinski definition) is 1. The number of nitrogens with two attached hydrogens (primary N) is 1. The molecule has 1 aliphatic rings. The predicted octanol–water partition coefficient (Wildman–Crippen LogP) is 3.14. The molecule has 178 valence electrons. The number of fused-ring (bicyclic) bond motifs is 1. The van der Waals surface area contributed by atoms with E-state index in [0.29, 0.717) is 30.1 Å². The summed E-state index contributed by atoms with van der Waals surface area (Å²) in [5.74, 6) is -0.150. The summed E-state index contributed by atoms with van der Waals surface area (Å²) < 4.78 is 36.4. The van der Waals surface area contributed by atoms with Crippen LogP contribution in [0.1, 0.15) is 46.0 Å². The van der Waals surface area contributed by atoms with Crippen LogP contribution in [0, 0.1) is 5.92 Å². The third-order valence-corrected chi connectivity index (χ3v) is 6.68. The maximum absolute atomic E-state index is 12.8. The van der Waals surface area contributed by atoms with E-state index in [0.717, 1.165) is 25.7 Å². The van der Waals surface area contributed by atoms with E-state index >= 15 is 0 Å². The molecule has 11 nitrogen and oxygen atoms in total. The molecule has 3 heterocycles. The summed E-state index contributed by atoms with van der Waals surface area (Å²) in [6, 6.07) is 0. The van der Waals surface area contributed by atoms with Gasteiger partial charge in [0, 0.05) is 5.92 Å². The first-order chi connectivity index (χ1) is 15.4. The molecule has 1 saturated heterocycles. The van der Waals surface area contributed by atoms with Crippen LogP contribution < -0.4 is 5.73 Å². The molecule has 3 rings (SSSR count). The van der Waals surface area contributed by atoms with Crippen molar-refractivity contribution in [2.24, 2.45) is 5.92 Å². The summed E-state index contributed by atoms with van der Waals surface area (Å²) in [5.41, 5.74) is 6.93. The Balaban J connectivity index is 1.37. The van der Waals surface area contributed by atoms with Gasteiger partial charge >= 0.3 is 13.6 Å². The molecule has 1 atom stereocenters. The molecule has 2 N–H and O–H groups in total. The minimum Gasteiger partial charge on any atom is -0.466 e. The lowest BCUT2D eigenvalue weighted by atomic mass is 10.1. The fourth-order valence-electron chi connectivity index (χ4n) is 3.31. The van der Waals surface area contributed by atoms with Crippen LogP contribution in [-0.2, 0) is 34.4 Å². The third-order valence-electron chi connectivity index (χ3n) is 5.13. The second-order valence-corrected chi connectivity index (χ2v) is 9.98. The van der Waals surface area contributed by atoms with E-state index in [-0.39, 0.29) is 44.0 Å². The number of esters is 1. The zero-order chi connectivity index (χ0) is 23.0. The van der Waals surface area contributed by atoms with E-state index < -0.39 is 7.60 Å². The van der Waals surface area contributed by atoms with Crippen LogP contribution in [0.4, 0.5) is 5.82 Å². The number of ether oxygens (including phenoxy) is 2. The predicted molar refractivity (Wildman–Crippen MR) is 118 cm³/mol. The molecule has 0 aliphatic carbocycles. The molecule has 1 aliphatic heterocycles. The zero-order valence-electron chi connectivity index (χ0n) is 18.6. The minimum atomic E-state index is -3.37. The number of rotatable bonds is 12. The average molecular weight is 469 g/mol. The standard InChI is InChI=1S/C20H32N5O6P/c1-3-4-5-6-7-28-17(26)8-16-10-30-32(27,31-11-16)14-29-15(2)9-25-13-24-18-19(21)22-12-23-20(18)25/h12-13,15-16H,3-11,14H2,1-2H3,(H2,21,22,23)/t15-,16?,32?/m1/s1. The highest BCUT2D eigenvalue weighted by Crippen LogP contribution is 2.51. The van der Waals surface area contributed by atoms with Crippen molar-refractivity contribution in [2.45, 2.75) is 58.6 Å². The van der Waals surface area contributed by atoms with Crippen molar-refractivity contribution in [2.75, 3.05) is 31.9 Å². The van der Waals surface area contributed by atoms with E-state index in [4.69, 9.17) is 24.3 Å². The summed E-state index contributed by atoms with van der Waals surface area (Å²) in [4.78, 5) is 24.3. The van der Waals surface area contributed by atoms with Crippen LogP contribution in [0.5, 0.6) is 0 Å². The Kier molecular flexibility index (Phi) is 8.98. The molecule has 2 aromatic heterocycles. The quantitative estimate of drug-likeness (QED) is 0.280. The lowest BCUT2D eigenvalue weighted by Crippen LogP contribution is -2.27. The number of unbranched alkanes of at least 4 members (excludes halogenated alkanes) is 3. The van der Waals surface area contributed by atoms with Gasteiger partial charge in [-0.2, -0.15) is 0 Å². The molecule has 0 spiro atoms. The second kappa shape index (κ2) is 11.7. The lowest BCUT2D eigenvalue weighted by molar-refractivity contribution is -0.146. The van der Waals surface area contributed by atoms with Crippen molar-refractivity contribution in [3.05, 3.63) is 12.7 Å². The second-order valence-electron chi connectivity index (χ2n) is 7.99. The molecule has 0 saturated carbocycles. The SMILES string of the molecule is CCCCCCOC(=O)CC1COP(=O)(CO[C@H](C)Cn2cnc3c(N)ncnc32)OC1. The van der Waals surface area contributed by atoms with Crippen molar-refractivity contribution in [3.8, 4) is 0 Å². The highest BCUT2D eigenvalue weighted by atomic mass is 31.2. The first-order valence-electron chi connectivity index (χ1n) is 11.0. The van der Waals surface area contributed by atoms with Crippen LogP contribution in [0.25, 0.3) is 11.2 Å². The highest BCUT2D eigenvalue weighted by molar-refractivity contribution is 7.53. The fourth-order valence-corrected chi connectivity index (χ4v) is 4.84. The van der Waals surface area contributed by atoms with E-state index in [2.05, 4.69) is 21.9 Å². The first-order valence-corrected chi connectivity index (χ1v) is 12.7. The molecule has 0 bridgehead atoms. The van der Waals surface area contributed by atoms with E-state index in [9.17, 15) is 9.36 Å². The van der Waals surface area contributed by atoms with Crippen molar-refractivity contribution in [3.63, 3.8) is 0 Å². The molecule has 0 unspecified atom stereocenters. The van der Waals surface area contributed by atoms with Crippen LogP contribution in [-0.4, -0.2) is 57.8 Å². The van der Waals surface area contributed by atoms with E-state index in [1.165, 1.54) is 6.33 Å². The number of hydrogen-bond acceptors (Lipinski definition) is 10. The summed E-state index contributed by atoms with van der Waals surface area (Å²) in [6.45, 7) is 5.17. The van der Waals surface area contributed by atoms with Gasteiger partial charge in [-0.15, -0.1) is 0 Å². The Morgan fingerprint density at radius 3 is 2.81 bits per heavy atom. The lowest BCUT2D eigenvalue weighted by Gasteiger charge is -2.29. The molecule has 12 heteroatoms. The van der Waals surface area contributed by atoms with Crippen LogP contribution in [0.2, 0.25) is 0 Å². The average Bonchev–Trinajstić information content (AvgIpc) is 3.18. The van der Waals surface area contributed by atoms with Gasteiger partial charge in [0.25, 0.3) is 0 Å². The van der Waals surface area contributed by atoms with Gasteiger partial charge in [-0.3, -0.25) is 9.36 Å². The maximum atomic E-state index is 12.8. The van der Waals surface area contributed by atoms with Gasteiger partial charge in [0.1, 0.15) is 18.2 Å². The van der Waals surface area contributed by atoms with Crippen LogP contribution in [0.15, 0.2) is 12.7 Å². The van der Waals surface area contributed by atoms with Gasteiger partial charge in [-0.25, -0.2) is 15.0 Å². The number of imidazole rings is 1. The fraction of sp³-hybridized carbons (Fsp3) is 0.700. The molecule has 2 aromatic rings. The smallest absolute Gasteiger partial charge is 0.356 e. The van der Waals surface area contributed by atoms with Gasteiger partial charge in [0.15, 0.2) is 11.5 Å². The first kappa shape index (κ1) is 24.6. The Hall–Kier alpha value is -2.07. The normalized spacial score (nSPS) is 22.1. The Morgan fingerprint density at radius 1 is 1.28 bits per heavy atom. The maximum Gasteiger partial charge on any atom is 0.356 e. The van der Waals surface area contributed by atoms with E-state index in [1.54, 1.807) is 10.9 Å². The molecule has 0 amide bonds. The summed E-state index contributed by atoms with van der Waals surface area (Å²) in [5, 5.41) is 0. The molecular formula is C20H32N5O6P. The third kappa shape index (κ3) is 6.96. The van der Waals surface area contributed by atoms with E-state index in [1.807, 2.05) is 6.92 Å². The highest BCUT2D eigenvalue weighted by Gasteiger charge is 2.34. The molecule has 1 fully saturated rings. The monoisotopic (exact) mass is 469 g/mol. The van der Waals surface area contributed by atoms with Gasteiger partial charge in [-0.05, 0) is 13.3 Å². The van der Waals surface area contributed by atoms with Gasteiger partial charge < -0.3 is 28.8 Å². The topological polar surface area (TPSA) is 141 Å². The van der Waals surface area contributed by atoms with Crippen LogP contribution in [0.3, 0.4) is 0 Å². The minimum absolute atomic E-state index is 0.169. The Bertz CT molecular complexity index is 926. The summed E-state index contributed by atoms with van der Waals surface area (Å²) >= 11 is 0. The van der Waals surface area contributed by atoms with Gasteiger partial charge in [0.2, 0.25) is 0 Å². The number of anilines is 1. The molecule has 0 radical (unpaired) electrons. The Labute approximate surface area is 187 Å². The molecule has 32 heavy (non-hydrogen) atoms. The number of nitrogen functional groups attached to an aromatic ring is 1. The largest absolute Gasteiger partial charge is 0.466 e. The van der Waals surface area contributed by atoms with Gasteiger partial charge in [0.05, 0.1) is 45.2 Å².